The Balaban J connectivity index is 3.87. The van der Waals surface area contributed by atoms with Gasteiger partial charge in [-0.05, 0) is 31.8 Å². The van der Waals surface area contributed by atoms with Crippen molar-refractivity contribution >= 4 is 0 Å². The van der Waals surface area contributed by atoms with Gasteiger partial charge in [-0.15, -0.1) is 0 Å². The van der Waals surface area contributed by atoms with E-state index in [1.165, 1.54) is 38.8 Å². The Labute approximate surface area is 96.2 Å². The van der Waals surface area contributed by atoms with Gasteiger partial charge in [0.25, 0.3) is 0 Å². The van der Waals surface area contributed by atoms with E-state index in [0.29, 0.717) is 12.0 Å². The molecule has 0 aromatic rings. The highest BCUT2D eigenvalue weighted by molar-refractivity contribution is 4.71. The summed E-state index contributed by atoms with van der Waals surface area (Å²) in [4.78, 5) is 2.54. The van der Waals surface area contributed by atoms with Crippen molar-refractivity contribution in [1.82, 2.24) is 4.90 Å². The third kappa shape index (κ3) is 7.80. The molecule has 0 unspecified atom stereocenters. The lowest BCUT2D eigenvalue weighted by molar-refractivity contribution is 0.231. The Morgan fingerprint density at radius 3 is 1.80 bits per heavy atom. The Hall–Kier alpha value is -0.0800. The fourth-order valence-electron chi connectivity index (χ4n) is 1.57. The van der Waals surface area contributed by atoms with Gasteiger partial charge in [0.2, 0.25) is 0 Å². The van der Waals surface area contributed by atoms with E-state index in [9.17, 15) is 0 Å². The Bertz CT molecular complexity index is 126. The molecule has 2 N–H and O–H groups in total. The summed E-state index contributed by atoms with van der Waals surface area (Å²) in [5.74, 6) is 0.593. The summed E-state index contributed by atoms with van der Waals surface area (Å²) in [5.41, 5.74) is 6.12. The molecule has 0 aliphatic rings. The lowest BCUT2D eigenvalue weighted by Gasteiger charge is -2.27. The van der Waals surface area contributed by atoms with Crippen LogP contribution in [0.5, 0.6) is 0 Å². The summed E-state index contributed by atoms with van der Waals surface area (Å²) in [7, 11) is 0. The van der Waals surface area contributed by atoms with E-state index in [1.54, 1.807) is 0 Å². The summed E-state index contributed by atoms with van der Waals surface area (Å²) in [6.07, 6.45) is 5.15. The first-order chi connectivity index (χ1) is 7.11. The number of unbranched alkanes of at least 4 members (excludes halogenated alkanes) is 2. The molecule has 0 aromatic carbocycles. The van der Waals surface area contributed by atoms with E-state index in [0.717, 1.165) is 6.54 Å². The van der Waals surface area contributed by atoms with Gasteiger partial charge in [-0.2, -0.15) is 0 Å². The fourth-order valence-corrected chi connectivity index (χ4v) is 1.57. The molecule has 1 atom stereocenters. The van der Waals surface area contributed by atoms with Crippen molar-refractivity contribution in [1.29, 1.82) is 0 Å². The minimum absolute atomic E-state index is 0.332. The van der Waals surface area contributed by atoms with Crippen molar-refractivity contribution < 1.29 is 0 Å². The van der Waals surface area contributed by atoms with Crippen LogP contribution in [0.3, 0.4) is 0 Å². The first-order valence-corrected chi connectivity index (χ1v) is 6.59. The molecular formula is C13H30N2. The lowest BCUT2D eigenvalue weighted by Crippen LogP contribution is -2.41. The molecule has 0 rings (SSSR count). The number of nitrogens with two attached hydrogens (primary N) is 1. The zero-order valence-electron chi connectivity index (χ0n) is 11.1. The van der Waals surface area contributed by atoms with E-state index in [2.05, 4.69) is 32.6 Å². The minimum atomic E-state index is 0.332. The molecule has 2 heteroatoms. The summed E-state index contributed by atoms with van der Waals surface area (Å²) >= 11 is 0. The molecule has 0 aliphatic heterocycles. The molecule has 0 spiro atoms. The predicted molar refractivity (Wildman–Crippen MR) is 69.1 cm³/mol. The molecule has 92 valence electrons. The van der Waals surface area contributed by atoms with Crippen LogP contribution in [-0.4, -0.2) is 30.6 Å². The average Bonchev–Trinajstić information content (AvgIpc) is 2.21. The summed E-state index contributed by atoms with van der Waals surface area (Å²) in [5, 5.41) is 0. The van der Waals surface area contributed by atoms with Gasteiger partial charge in [0.05, 0.1) is 0 Å². The maximum Gasteiger partial charge on any atom is 0.0191 e. The van der Waals surface area contributed by atoms with Gasteiger partial charge in [0.15, 0.2) is 0 Å². The monoisotopic (exact) mass is 214 g/mol. The van der Waals surface area contributed by atoms with Crippen LogP contribution >= 0.6 is 0 Å². The van der Waals surface area contributed by atoms with Crippen LogP contribution in [0.2, 0.25) is 0 Å². The maximum atomic E-state index is 6.12. The van der Waals surface area contributed by atoms with Crippen molar-refractivity contribution in [2.24, 2.45) is 11.7 Å². The quantitative estimate of drug-likeness (QED) is 0.639. The van der Waals surface area contributed by atoms with E-state index in [1.807, 2.05) is 0 Å². The van der Waals surface area contributed by atoms with Crippen LogP contribution in [0.1, 0.15) is 53.4 Å². The highest BCUT2D eigenvalue weighted by Crippen LogP contribution is 2.04. The average molecular weight is 214 g/mol. The van der Waals surface area contributed by atoms with Crippen LogP contribution in [0.4, 0.5) is 0 Å². The van der Waals surface area contributed by atoms with Crippen molar-refractivity contribution in [3.63, 3.8) is 0 Å². The fraction of sp³-hybridized carbons (Fsp3) is 1.00. The predicted octanol–water partition coefficient (Wildman–Crippen LogP) is 2.87. The third-order valence-electron chi connectivity index (χ3n) is 2.98. The first kappa shape index (κ1) is 14.9. The zero-order chi connectivity index (χ0) is 11.7. The second-order valence-electron chi connectivity index (χ2n) is 4.92. The standard InChI is InChI=1S/C13H30N2/c1-5-7-9-15(10-8-6-2)11-13(14)12(3)4/h12-13H,5-11,14H2,1-4H3/t13-/m0/s1. The maximum absolute atomic E-state index is 6.12. The number of hydrogen-bond donors (Lipinski definition) is 1. The number of hydrogen-bond acceptors (Lipinski definition) is 2. The summed E-state index contributed by atoms with van der Waals surface area (Å²) in [6.45, 7) is 12.4. The van der Waals surface area contributed by atoms with Crippen LogP contribution in [-0.2, 0) is 0 Å². The van der Waals surface area contributed by atoms with Gasteiger partial charge in [-0.25, -0.2) is 0 Å². The summed E-state index contributed by atoms with van der Waals surface area (Å²) < 4.78 is 0. The second kappa shape index (κ2) is 9.17. The van der Waals surface area contributed by atoms with Gasteiger partial charge < -0.3 is 10.6 Å². The Morgan fingerprint density at radius 1 is 1.00 bits per heavy atom. The van der Waals surface area contributed by atoms with Crippen LogP contribution in [0.15, 0.2) is 0 Å². The SMILES string of the molecule is CCCCN(CCCC)C[C@H](N)C(C)C. The van der Waals surface area contributed by atoms with Gasteiger partial charge >= 0.3 is 0 Å². The lowest BCUT2D eigenvalue weighted by atomic mass is 10.0. The molecule has 0 aliphatic carbocycles. The van der Waals surface area contributed by atoms with Crippen molar-refractivity contribution in [3.05, 3.63) is 0 Å². The molecule has 0 heterocycles. The van der Waals surface area contributed by atoms with E-state index in [-0.39, 0.29) is 0 Å². The molecule has 15 heavy (non-hydrogen) atoms. The minimum Gasteiger partial charge on any atom is -0.326 e. The van der Waals surface area contributed by atoms with Crippen LogP contribution in [0, 0.1) is 5.92 Å². The Kier molecular flexibility index (Phi) is 9.12. The third-order valence-corrected chi connectivity index (χ3v) is 2.98. The Morgan fingerprint density at radius 2 is 1.47 bits per heavy atom. The smallest absolute Gasteiger partial charge is 0.0191 e. The molecule has 0 aromatic heterocycles. The van der Waals surface area contributed by atoms with Gasteiger partial charge in [0.1, 0.15) is 0 Å². The molecule has 2 nitrogen and oxygen atoms in total. The molecule has 0 fully saturated rings. The number of rotatable bonds is 9. The second-order valence-corrected chi connectivity index (χ2v) is 4.92. The molecule has 0 saturated carbocycles. The molecule has 0 radical (unpaired) electrons. The zero-order valence-corrected chi connectivity index (χ0v) is 11.1. The van der Waals surface area contributed by atoms with Crippen LogP contribution in [0.25, 0.3) is 0 Å². The first-order valence-electron chi connectivity index (χ1n) is 6.59. The molecular weight excluding hydrogens is 184 g/mol. The summed E-state index contributed by atoms with van der Waals surface area (Å²) in [6, 6.07) is 0.332. The van der Waals surface area contributed by atoms with Crippen molar-refractivity contribution in [2.75, 3.05) is 19.6 Å². The topological polar surface area (TPSA) is 29.3 Å². The van der Waals surface area contributed by atoms with Gasteiger partial charge in [-0.3, -0.25) is 0 Å². The van der Waals surface area contributed by atoms with E-state index < -0.39 is 0 Å². The van der Waals surface area contributed by atoms with E-state index in [4.69, 9.17) is 5.73 Å². The largest absolute Gasteiger partial charge is 0.326 e. The van der Waals surface area contributed by atoms with Gasteiger partial charge in [0, 0.05) is 12.6 Å². The van der Waals surface area contributed by atoms with Crippen molar-refractivity contribution in [2.45, 2.75) is 59.4 Å². The molecule has 0 amide bonds. The van der Waals surface area contributed by atoms with Gasteiger partial charge in [-0.1, -0.05) is 40.5 Å². The molecule has 0 bridgehead atoms. The highest BCUT2D eigenvalue weighted by Gasteiger charge is 2.12. The van der Waals surface area contributed by atoms with Crippen LogP contribution < -0.4 is 5.73 Å². The molecule has 0 saturated heterocycles. The van der Waals surface area contributed by atoms with E-state index >= 15 is 0 Å². The normalized spacial score (nSPS) is 13.8. The van der Waals surface area contributed by atoms with Crippen molar-refractivity contribution in [3.8, 4) is 0 Å². The highest BCUT2D eigenvalue weighted by atomic mass is 15.1. The number of nitrogens with zero attached hydrogens (tertiary/aromatic N) is 1.